The van der Waals surface area contributed by atoms with Gasteiger partial charge in [0.1, 0.15) is 5.75 Å². The normalized spacial score (nSPS) is 17.9. The maximum Gasteiger partial charge on any atom is 0.263 e. The molecule has 2 N–H and O–H groups in total. The first-order valence-corrected chi connectivity index (χ1v) is 4.82. The van der Waals surface area contributed by atoms with Gasteiger partial charge in [-0.05, 0) is 31.0 Å². The van der Waals surface area contributed by atoms with Gasteiger partial charge in [0, 0.05) is 16.7 Å². The molecule has 1 aliphatic rings. The lowest BCUT2D eigenvalue weighted by atomic mass is 10.0. The zero-order chi connectivity index (χ0) is 11.1. The predicted molar refractivity (Wildman–Crippen MR) is 53.1 cm³/mol. The lowest BCUT2D eigenvalue weighted by molar-refractivity contribution is 0.151. The largest absolute Gasteiger partial charge is 0.496 e. The molecule has 0 radical (unpaired) electrons. The molecule has 0 aliphatic heterocycles. The van der Waals surface area contributed by atoms with Gasteiger partial charge in [-0.15, -0.1) is 0 Å². The molecule has 0 amide bonds. The zero-order valence-corrected chi connectivity index (χ0v) is 8.47. The maximum absolute atomic E-state index is 12.5. The SMILES string of the molecule is COc1ccc(C(F)F)cc1C1(N)CC1. The molecule has 0 bridgehead atoms. The van der Waals surface area contributed by atoms with E-state index in [0.717, 1.165) is 12.8 Å². The first-order valence-electron chi connectivity index (χ1n) is 4.82. The van der Waals surface area contributed by atoms with E-state index in [1.807, 2.05) is 0 Å². The Bertz CT molecular complexity index is 375. The van der Waals surface area contributed by atoms with Crippen LogP contribution < -0.4 is 10.5 Å². The second kappa shape index (κ2) is 3.45. The van der Waals surface area contributed by atoms with Crippen LogP contribution in [0.5, 0.6) is 5.75 Å². The summed E-state index contributed by atoms with van der Waals surface area (Å²) in [4.78, 5) is 0. The van der Waals surface area contributed by atoms with Crippen molar-refractivity contribution in [3.63, 3.8) is 0 Å². The Kier molecular flexibility index (Phi) is 2.38. The molecule has 1 saturated carbocycles. The van der Waals surface area contributed by atoms with Crippen LogP contribution in [0.2, 0.25) is 0 Å². The number of benzene rings is 1. The van der Waals surface area contributed by atoms with Crippen molar-refractivity contribution >= 4 is 0 Å². The number of hydrogen-bond donors (Lipinski definition) is 1. The minimum atomic E-state index is -2.46. The highest BCUT2D eigenvalue weighted by molar-refractivity contribution is 5.45. The number of rotatable bonds is 3. The Balaban J connectivity index is 2.44. The van der Waals surface area contributed by atoms with Gasteiger partial charge >= 0.3 is 0 Å². The molecule has 1 aromatic carbocycles. The van der Waals surface area contributed by atoms with Crippen LogP contribution in [0, 0.1) is 0 Å². The summed E-state index contributed by atoms with van der Waals surface area (Å²) in [6.07, 6.45) is -0.802. The molecular weight excluding hydrogens is 200 g/mol. The van der Waals surface area contributed by atoms with Crippen molar-refractivity contribution in [2.24, 2.45) is 5.73 Å². The molecule has 0 spiro atoms. The lowest BCUT2D eigenvalue weighted by Gasteiger charge is -2.15. The van der Waals surface area contributed by atoms with Gasteiger partial charge in [0.05, 0.1) is 7.11 Å². The highest BCUT2D eigenvalue weighted by atomic mass is 19.3. The predicted octanol–water partition coefficient (Wildman–Crippen LogP) is 2.58. The highest BCUT2D eigenvalue weighted by Crippen LogP contribution is 2.47. The maximum atomic E-state index is 12.5. The summed E-state index contributed by atoms with van der Waals surface area (Å²) in [5.74, 6) is 0.597. The van der Waals surface area contributed by atoms with Crippen LogP contribution in [0.3, 0.4) is 0 Å². The van der Waals surface area contributed by atoms with E-state index in [4.69, 9.17) is 10.5 Å². The number of ether oxygens (including phenoxy) is 1. The Morgan fingerprint density at radius 3 is 2.53 bits per heavy atom. The monoisotopic (exact) mass is 213 g/mol. The molecule has 1 aliphatic carbocycles. The number of methoxy groups -OCH3 is 1. The molecule has 0 unspecified atom stereocenters. The van der Waals surface area contributed by atoms with Crippen LogP contribution in [-0.2, 0) is 5.54 Å². The fourth-order valence-electron chi connectivity index (χ4n) is 1.65. The molecule has 15 heavy (non-hydrogen) atoms. The molecule has 0 atom stereocenters. The summed E-state index contributed by atoms with van der Waals surface area (Å²) in [6.45, 7) is 0. The number of halogens is 2. The van der Waals surface area contributed by atoms with Gasteiger partial charge < -0.3 is 10.5 Å². The van der Waals surface area contributed by atoms with E-state index in [1.165, 1.54) is 19.2 Å². The van der Waals surface area contributed by atoms with E-state index < -0.39 is 12.0 Å². The third kappa shape index (κ3) is 1.81. The van der Waals surface area contributed by atoms with Gasteiger partial charge in [-0.25, -0.2) is 8.78 Å². The molecule has 4 heteroatoms. The molecule has 0 aromatic heterocycles. The van der Waals surface area contributed by atoms with E-state index in [0.29, 0.717) is 11.3 Å². The van der Waals surface area contributed by atoms with E-state index >= 15 is 0 Å². The fourth-order valence-corrected chi connectivity index (χ4v) is 1.65. The first kappa shape index (κ1) is 10.4. The average molecular weight is 213 g/mol. The summed E-state index contributed by atoms with van der Waals surface area (Å²) in [7, 11) is 1.52. The van der Waals surface area contributed by atoms with Crippen molar-refractivity contribution in [2.75, 3.05) is 7.11 Å². The summed E-state index contributed by atoms with van der Waals surface area (Å²) >= 11 is 0. The van der Waals surface area contributed by atoms with E-state index in [2.05, 4.69) is 0 Å². The van der Waals surface area contributed by atoms with E-state index in [1.54, 1.807) is 6.07 Å². The third-order valence-corrected chi connectivity index (χ3v) is 2.80. The van der Waals surface area contributed by atoms with Crippen LogP contribution in [0.4, 0.5) is 8.78 Å². The van der Waals surface area contributed by atoms with Crippen molar-refractivity contribution < 1.29 is 13.5 Å². The van der Waals surface area contributed by atoms with Crippen molar-refractivity contribution in [1.82, 2.24) is 0 Å². The number of hydrogen-bond acceptors (Lipinski definition) is 2. The Morgan fingerprint density at radius 2 is 2.07 bits per heavy atom. The van der Waals surface area contributed by atoms with Gasteiger partial charge in [0.15, 0.2) is 0 Å². The van der Waals surface area contributed by atoms with Crippen molar-refractivity contribution in [2.45, 2.75) is 24.8 Å². The molecule has 0 saturated heterocycles. The molecule has 1 aromatic rings. The third-order valence-electron chi connectivity index (χ3n) is 2.80. The van der Waals surface area contributed by atoms with Crippen molar-refractivity contribution in [3.8, 4) is 5.75 Å². The molecular formula is C11H13F2NO. The highest BCUT2D eigenvalue weighted by Gasteiger charge is 2.42. The standard InChI is InChI=1S/C11H13F2NO/c1-15-9-3-2-7(10(12)13)6-8(9)11(14)4-5-11/h2-3,6,10H,4-5,14H2,1H3. The topological polar surface area (TPSA) is 35.2 Å². The molecule has 1 fully saturated rings. The van der Waals surface area contributed by atoms with Crippen LogP contribution in [0.1, 0.15) is 30.4 Å². The van der Waals surface area contributed by atoms with Crippen LogP contribution in [0.15, 0.2) is 18.2 Å². The summed E-state index contributed by atoms with van der Waals surface area (Å²) in [6, 6.07) is 4.39. The smallest absolute Gasteiger partial charge is 0.263 e. The summed E-state index contributed by atoms with van der Waals surface area (Å²) in [5.41, 5.74) is 6.24. The van der Waals surface area contributed by atoms with E-state index in [-0.39, 0.29) is 5.56 Å². The quantitative estimate of drug-likeness (QED) is 0.837. The van der Waals surface area contributed by atoms with Gasteiger partial charge in [-0.1, -0.05) is 0 Å². The minimum absolute atomic E-state index is 0.00234. The first-order chi connectivity index (χ1) is 7.07. The van der Waals surface area contributed by atoms with Gasteiger partial charge in [-0.3, -0.25) is 0 Å². The Labute approximate surface area is 87.0 Å². The van der Waals surface area contributed by atoms with Crippen LogP contribution >= 0.6 is 0 Å². The average Bonchev–Trinajstić information content (AvgIpc) is 2.96. The van der Waals surface area contributed by atoms with Gasteiger partial charge in [0.25, 0.3) is 6.43 Å². The number of nitrogens with two attached hydrogens (primary N) is 1. The minimum Gasteiger partial charge on any atom is -0.496 e. The summed E-state index contributed by atoms with van der Waals surface area (Å²) in [5, 5.41) is 0. The molecule has 0 heterocycles. The molecule has 82 valence electrons. The van der Waals surface area contributed by atoms with Crippen molar-refractivity contribution in [3.05, 3.63) is 29.3 Å². The van der Waals surface area contributed by atoms with Crippen molar-refractivity contribution in [1.29, 1.82) is 0 Å². The zero-order valence-electron chi connectivity index (χ0n) is 8.47. The van der Waals surface area contributed by atoms with Crippen LogP contribution in [0.25, 0.3) is 0 Å². The Morgan fingerprint density at radius 1 is 1.40 bits per heavy atom. The van der Waals surface area contributed by atoms with Crippen LogP contribution in [-0.4, -0.2) is 7.11 Å². The van der Waals surface area contributed by atoms with Gasteiger partial charge in [-0.2, -0.15) is 0 Å². The molecule has 2 nitrogen and oxygen atoms in total. The molecule has 2 rings (SSSR count). The second-order valence-electron chi connectivity index (χ2n) is 3.92. The summed E-state index contributed by atoms with van der Waals surface area (Å²) < 4.78 is 30.1. The lowest BCUT2D eigenvalue weighted by Crippen LogP contribution is -2.20. The van der Waals surface area contributed by atoms with Gasteiger partial charge in [0.2, 0.25) is 0 Å². The number of alkyl halides is 2. The fraction of sp³-hybridized carbons (Fsp3) is 0.455. The Hall–Kier alpha value is -1.16. The second-order valence-corrected chi connectivity index (χ2v) is 3.92. The van der Waals surface area contributed by atoms with E-state index in [9.17, 15) is 8.78 Å².